The van der Waals surface area contributed by atoms with Crippen LogP contribution in [0.25, 0.3) is 0 Å². The number of nitrogens with zero attached hydrogens (tertiary/aromatic N) is 2. The summed E-state index contributed by atoms with van der Waals surface area (Å²) in [5.74, 6) is 0.505. The lowest BCUT2D eigenvalue weighted by Gasteiger charge is -2.13. The molecule has 0 saturated heterocycles. The number of hydrogen-bond acceptors (Lipinski definition) is 3. The minimum atomic E-state index is -0.194. The molecule has 1 atom stereocenters. The lowest BCUT2D eigenvalue weighted by Crippen LogP contribution is -2.33. The highest BCUT2D eigenvalue weighted by molar-refractivity contribution is 5.85. The lowest BCUT2D eigenvalue weighted by molar-refractivity contribution is -0.120. The van der Waals surface area contributed by atoms with Gasteiger partial charge >= 0.3 is 0 Å². The molecule has 2 rings (SSSR count). The molecule has 25 heavy (non-hydrogen) atoms. The molecule has 0 aliphatic rings. The Morgan fingerprint density at radius 2 is 1.88 bits per heavy atom. The Bertz CT molecular complexity index is 682. The van der Waals surface area contributed by atoms with Crippen molar-refractivity contribution in [1.82, 2.24) is 15.1 Å². The zero-order chi connectivity index (χ0) is 17.7. The van der Waals surface area contributed by atoms with Crippen molar-refractivity contribution in [2.75, 3.05) is 6.54 Å². The molecular weight excluding hydrogens is 336 g/mol. The van der Waals surface area contributed by atoms with E-state index in [4.69, 9.17) is 5.73 Å². The first-order chi connectivity index (χ1) is 11.4. The van der Waals surface area contributed by atoms with Crippen LogP contribution in [-0.2, 0) is 17.8 Å². The summed E-state index contributed by atoms with van der Waals surface area (Å²) in [4.78, 5) is 12.3. The van der Waals surface area contributed by atoms with Crippen LogP contribution in [0.5, 0.6) is 0 Å². The maximum absolute atomic E-state index is 12.3. The number of aryl methyl sites for hydroxylation is 1. The highest BCUT2D eigenvalue weighted by atomic mass is 35.5. The molecule has 3 N–H and O–H groups in total. The summed E-state index contributed by atoms with van der Waals surface area (Å²) in [6.45, 7) is 9.61. The number of carbonyl (C=O) groups is 1. The summed E-state index contributed by atoms with van der Waals surface area (Å²) >= 11 is 0. The van der Waals surface area contributed by atoms with E-state index in [2.05, 4.69) is 24.3 Å². The number of nitrogens with two attached hydrogens (primary N) is 1. The molecule has 6 heteroatoms. The zero-order valence-electron chi connectivity index (χ0n) is 15.5. The number of aromatic nitrogens is 2. The third-order valence-electron chi connectivity index (χ3n) is 4.15. The van der Waals surface area contributed by atoms with E-state index in [0.29, 0.717) is 18.9 Å². The molecule has 2 aromatic rings. The monoisotopic (exact) mass is 364 g/mol. The Morgan fingerprint density at radius 1 is 1.24 bits per heavy atom. The lowest BCUT2D eigenvalue weighted by atomic mass is 10.1. The summed E-state index contributed by atoms with van der Waals surface area (Å²) < 4.78 is 2.00. The van der Waals surface area contributed by atoms with Gasteiger partial charge in [-0.25, -0.2) is 0 Å². The van der Waals surface area contributed by atoms with Crippen LogP contribution >= 0.6 is 12.4 Å². The van der Waals surface area contributed by atoms with Crippen LogP contribution in [0.15, 0.2) is 30.3 Å². The molecule has 0 saturated carbocycles. The largest absolute Gasteiger partial charge is 0.354 e. The van der Waals surface area contributed by atoms with Gasteiger partial charge in [0, 0.05) is 30.4 Å². The minimum absolute atomic E-state index is 0. The topological polar surface area (TPSA) is 72.9 Å². The van der Waals surface area contributed by atoms with Gasteiger partial charge in [0.1, 0.15) is 0 Å². The van der Waals surface area contributed by atoms with Gasteiger partial charge in [-0.1, -0.05) is 44.2 Å². The maximum Gasteiger partial charge on any atom is 0.224 e. The van der Waals surface area contributed by atoms with E-state index < -0.39 is 0 Å². The predicted molar refractivity (Wildman–Crippen MR) is 104 cm³/mol. The van der Waals surface area contributed by atoms with Crippen LogP contribution < -0.4 is 11.1 Å². The van der Waals surface area contributed by atoms with E-state index in [9.17, 15) is 4.79 Å². The minimum Gasteiger partial charge on any atom is -0.354 e. The van der Waals surface area contributed by atoms with Gasteiger partial charge in [0.05, 0.1) is 12.1 Å². The summed E-state index contributed by atoms with van der Waals surface area (Å²) in [5, 5.41) is 7.49. The van der Waals surface area contributed by atoms with E-state index in [-0.39, 0.29) is 24.4 Å². The summed E-state index contributed by atoms with van der Waals surface area (Å²) in [6, 6.07) is 9.61. The van der Waals surface area contributed by atoms with E-state index >= 15 is 0 Å². The fourth-order valence-corrected chi connectivity index (χ4v) is 2.78. The molecular formula is C19H29ClN4O. The Balaban J connectivity index is 0.00000312. The SMILES string of the molecule is Cc1nn(CC(C)C)c(C)c1CC(=O)NCC(N)c1ccccc1.Cl. The summed E-state index contributed by atoms with van der Waals surface area (Å²) in [6.07, 6.45) is 0.345. The van der Waals surface area contributed by atoms with E-state index in [1.165, 1.54) is 0 Å². The highest BCUT2D eigenvalue weighted by Crippen LogP contribution is 2.15. The van der Waals surface area contributed by atoms with E-state index in [0.717, 1.165) is 29.1 Å². The van der Waals surface area contributed by atoms with Gasteiger partial charge in [-0.15, -0.1) is 12.4 Å². The van der Waals surface area contributed by atoms with Crippen LogP contribution in [0.1, 0.15) is 42.4 Å². The second-order valence-electron chi connectivity index (χ2n) is 6.72. The number of halogens is 1. The van der Waals surface area contributed by atoms with Gasteiger partial charge < -0.3 is 11.1 Å². The zero-order valence-corrected chi connectivity index (χ0v) is 16.3. The molecule has 0 aliphatic carbocycles. The molecule has 138 valence electrons. The first-order valence-corrected chi connectivity index (χ1v) is 8.48. The maximum atomic E-state index is 12.3. The molecule has 0 aliphatic heterocycles. The highest BCUT2D eigenvalue weighted by Gasteiger charge is 2.16. The Kier molecular flexibility index (Phi) is 8.13. The fraction of sp³-hybridized carbons (Fsp3) is 0.474. The predicted octanol–water partition coefficient (Wildman–Crippen LogP) is 2.94. The van der Waals surface area contributed by atoms with Crippen LogP contribution in [-0.4, -0.2) is 22.2 Å². The van der Waals surface area contributed by atoms with E-state index in [1.807, 2.05) is 48.9 Å². The smallest absolute Gasteiger partial charge is 0.224 e. The Labute approximate surface area is 156 Å². The van der Waals surface area contributed by atoms with Gasteiger partial charge in [0.15, 0.2) is 0 Å². The molecule has 0 bridgehead atoms. The van der Waals surface area contributed by atoms with Gasteiger partial charge in [0.2, 0.25) is 5.91 Å². The van der Waals surface area contributed by atoms with Gasteiger partial charge in [0.25, 0.3) is 0 Å². The third kappa shape index (κ3) is 5.87. The third-order valence-corrected chi connectivity index (χ3v) is 4.15. The summed E-state index contributed by atoms with van der Waals surface area (Å²) in [5.41, 5.74) is 10.2. The van der Waals surface area contributed by atoms with Crippen molar-refractivity contribution in [1.29, 1.82) is 0 Å². The molecule has 1 amide bonds. The molecule has 1 heterocycles. The van der Waals surface area contributed by atoms with Gasteiger partial charge in [-0.05, 0) is 25.3 Å². The molecule has 5 nitrogen and oxygen atoms in total. The van der Waals surface area contributed by atoms with Crippen molar-refractivity contribution in [2.24, 2.45) is 11.7 Å². The molecule has 1 aromatic carbocycles. The average molecular weight is 365 g/mol. The first kappa shape index (κ1) is 21.2. The number of hydrogen-bond donors (Lipinski definition) is 2. The van der Waals surface area contributed by atoms with Crippen molar-refractivity contribution in [2.45, 2.75) is 46.7 Å². The van der Waals surface area contributed by atoms with E-state index in [1.54, 1.807) is 0 Å². The van der Waals surface area contributed by atoms with Crippen LogP contribution in [0, 0.1) is 19.8 Å². The average Bonchev–Trinajstić information content (AvgIpc) is 2.80. The Morgan fingerprint density at radius 3 is 2.48 bits per heavy atom. The van der Waals surface area contributed by atoms with Crippen LogP contribution in [0.3, 0.4) is 0 Å². The number of amides is 1. The standard InChI is InChI=1S/C19H28N4O.ClH/c1-13(2)12-23-15(4)17(14(3)22-23)10-19(24)21-11-18(20)16-8-6-5-7-9-16;/h5-9,13,18H,10-12,20H2,1-4H3,(H,21,24);1H. The molecule has 0 fully saturated rings. The fourth-order valence-electron chi connectivity index (χ4n) is 2.78. The molecule has 1 unspecified atom stereocenters. The molecule has 0 radical (unpaired) electrons. The van der Waals surface area contributed by atoms with Crippen LogP contribution in [0.4, 0.5) is 0 Å². The number of rotatable bonds is 7. The quantitative estimate of drug-likeness (QED) is 0.793. The van der Waals surface area contributed by atoms with Crippen molar-refractivity contribution in [3.05, 3.63) is 52.8 Å². The number of carbonyl (C=O) groups excluding carboxylic acids is 1. The number of benzene rings is 1. The Hall–Kier alpha value is -1.85. The molecule has 0 spiro atoms. The molecule has 1 aromatic heterocycles. The second-order valence-corrected chi connectivity index (χ2v) is 6.72. The van der Waals surface area contributed by atoms with Crippen LogP contribution in [0.2, 0.25) is 0 Å². The van der Waals surface area contributed by atoms with Gasteiger partial charge in [-0.3, -0.25) is 9.48 Å². The first-order valence-electron chi connectivity index (χ1n) is 8.48. The normalized spacial score (nSPS) is 11.9. The van der Waals surface area contributed by atoms with Crippen molar-refractivity contribution in [3.8, 4) is 0 Å². The second kappa shape index (κ2) is 9.59. The summed E-state index contributed by atoms with van der Waals surface area (Å²) in [7, 11) is 0. The van der Waals surface area contributed by atoms with Gasteiger partial charge in [-0.2, -0.15) is 5.10 Å². The van der Waals surface area contributed by atoms with Crippen molar-refractivity contribution in [3.63, 3.8) is 0 Å². The number of nitrogens with one attached hydrogen (secondary N) is 1. The van der Waals surface area contributed by atoms with Crippen molar-refractivity contribution < 1.29 is 4.79 Å². The van der Waals surface area contributed by atoms with Crippen molar-refractivity contribution >= 4 is 18.3 Å².